The lowest BCUT2D eigenvalue weighted by Crippen LogP contribution is -2.57. The van der Waals surface area contributed by atoms with E-state index in [-0.39, 0.29) is 5.54 Å². The van der Waals surface area contributed by atoms with Crippen molar-refractivity contribution in [3.63, 3.8) is 0 Å². The summed E-state index contributed by atoms with van der Waals surface area (Å²) in [5, 5.41) is 0. The van der Waals surface area contributed by atoms with Gasteiger partial charge in [-0.15, -0.1) is 0 Å². The molecule has 0 aliphatic carbocycles. The van der Waals surface area contributed by atoms with Gasteiger partial charge >= 0.3 is 0 Å². The normalized spacial score (nSPS) is 30.2. The van der Waals surface area contributed by atoms with Gasteiger partial charge in [-0.1, -0.05) is 0 Å². The van der Waals surface area contributed by atoms with E-state index in [2.05, 4.69) is 28.9 Å². The summed E-state index contributed by atoms with van der Waals surface area (Å²) in [4.78, 5) is 8.81. The van der Waals surface area contributed by atoms with Crippen LogP contribution in [0.25, 0.3) is 0 Å². The maximum absolute atomic E-state index is 5.97. The summed E-state index contributed by atoms with van der Waals surface area (Å²) >= 11 is 0. The summed E-state index contributed by atoms with van der Waals surface area (Å²) < 4.78 is 5.61. The summed E-state index contributed by atoms with van der Waals surface area (Å²) in [7, 11) is 4.15. The van der Waals surface area contributed by atoms with Gasteiger partial charge in [-0.3, -0.25) is 4.99 Å². The van der Waals surface area contributed by atoms with Crippen molar-refractivity contribution in [1.29, 1.82) is 0 Å². The van der Waals surface area contributed by atoms with E-state index in [0.29, 0.717) is 5.96 Å². The Hall–Kier alpha value is -0.810. The smallest absolute Gasteiger partial charge is 0.191 e. The third-order valence-corrected chi connectivity index (χ3v) is 3.46. The number of nitrogens with zero attached hydrogens (tertiary/aromatic N) is 3. The van der Waals surface area contributed by atoms with Crippen molar-refractivity contribution in [2.75, 3.05) is 46.9 Å². The molecule has 1 unspecified atom stereocenters. The molecule has 2 rings (SSSR count). The van der Waals surface area contributed by atoms with Crippen molar-refractivity contribution in [3.05, 3.63) is 0 Å². The summed E-state index contributed by atoms with van der Waals surface area (Å²) in [5.41, 5.74) is 6.03. The molecular weight excluding hydrogens is 204 g/mol. The summed E-state index contributed by atoms with van der Waals surface area (Å²) in [6.45, 7) is 4.38. The van der Waals surface area contributed by atoms with Gasteiger partial charge in [0.15, 0.2) is 5.96 Å². The minimum Gasteiger partial charge on any atom is -0.379 e. The van der Waals surface area contributed by atoms with Crippen LogP contribution in [0.4, 0.5) is 0 Å². The van der Waals surface area contributed by atoms with E-state index >= 15 is 0 Å². The van der Waals surface area contributed by atoms with Gasteiger partial charge in [0.05, 0.1) is 18.7 Å². The van der Waals surface area contributed by atoms with Gasteiger partial charge in [-0.05, 0) is 26.9 Å². The first-order valence-corrected chi connectivity index (χ1v) is 5.94. The Morgan fingerprint density at radius 2 is 2.38 bits per heavy atom. The molecule has 92 valence electrons. The number of nitrogens with two attached hydrogens (primary N) is 1. The highest BCUT2D eigenvalue weighted by Gasteiger charge is 2.43. The second kappa shape index (κ2) is 4.59. The zero-order valence-corrected chi connectivity index (χ0v) is 10.3. The molecule has 16 heavy (non-hydrogen) atoms. The van der Waals surface area contributed by atoms with Crippen molar-refractivity contribution in [2.24, 2.45) is 10.7 Å². The highest BCUT2D eigenvalue weighted by atomic mass is 16.5. The predicted molar refractivity (Wildman–Crippen MR) is 64.5 cm³/mol. The molecule has 1 atom stereocenters. The van der Waals surface area contributed by atoms with Crippen molar-refractivity contribution in [3.8, 4) is 0 Å². The molecule has 0 aromatic rings. The van der Waals surface area contributed by atoms with E-state index in [1.54, 1.807) is 0 Å². The zero-order chi connectivity index (χ0) is 11.6. The van der Waals surface area contributed by atoms with E-state index in [0.717, 1.165) is 45.7 Å². The lowest BCUT2D eigenvalue weighted by atomic mass is 9.91. The second-order valence-corrected chi connectivity index (χ2v) is 5.01. The lowest BCUT2D eigenvalue weighted by Gasteiger charge is -2.42. The van der Waals surface area contributed by atoms with E-state index in [1.807, 2.05) is 0 Å². The first-order valence-electron chi connectivity index (χ1n) is 5.94. The van der Waals surface area contributed by atoms with Crippen LogP contribution < -0.4 is 5.73 Å². The summed E-state index contributed by atoms with van der Waals surface area (Å²) in [5.74, 6) is 0.687. The number of rotatable bonds is 3. The van der Waals surface area contributed by atoms with Crippen LogP contribution in [0.2, 0.25) is 0 Å². The molecule has 2 aliphatic heterocycles. The monoisotopic (exact) mass is 226 g/mol. The van der Waals surface area contributed by atoms with Gasteiger partial charge in [0.1, 0.15) is 0 Å². The van der Waals surface area contributed by atoms with E-state index in [9.17, 15) is 0 Å². The third-order valence-electron chi connectivity index (χ3n) is 3.46. The molecule has 1 fully saturated rings. The Balaban J connectivity index is 2.02. The molecule has 1 spiro atoms. The third kappa shape index (κ3) is 2.15. The van der Waals surface area contributed by atoms with Gasteiger partial charge < -0.3 is 20.3 Å². The number of likely N-dealkylation sites (N-methyl/N-ethyl adjacent to an activating group) is 1. The fourth-order valence-electron chi connectivity index (χ4n) is 2.47. The number of guanidine groups is 1. The van der Waals surface area contributed by atoms with Crippen molar-refractivity contribution in [1.82, 2.24) is 9.80 Å². The molecule has 0 saturated carbocycles. The van der Waals surface area contributed by atoms with E-state index in [4.69, 9.17) is 10.5 Å². The average molecular weight is 226 g/mol. The molecule has 0 aromatic heterocycles. The molecule has 1 saturated heterocycles. The van der Waals surface area contributed by atoms with E-state index < -0.39 is 0 Å². The van der Waals surface area contributed by atoms with Crippen LogP contribution in [0, 0.1) is 0 Å². The molecular formula is C11H22N4O. The highest BCUT2D eigenvalue weighted by Crippen LogP contribution is 2.30. The van der Waals surface area contributed by atoms with Crippen LogP contribution >= 0.6 is 0 Å². The molecule has 2 N–H and O–H groups in total. The Labute approximate surface area is 97.2 Å². The Bertz CT molecular complexity index is 271. The average Bonchev–Trinajstić information content (AvgIpc) is 2.55. The number of ether oxygens (including phenoxy) is 1. The number of hydrogen-bond donors (Lipinski definition) is 1. The fraction of sp³-hybridized carbons (Fsp3) is 0.909. The topological polar surface area (TPSA) is 54.1 Å². The van der Waals surface area contributed by atoms with Crippen LogP contribution in [0.5, 0.6) is 0 Å². The Morgan fingerprint density at radius 3 is 3.00 bits per heavy atom. The first kappa shape index (κ1) is 11.7. The molecule has 0 amide bonds. The minimum absolute atomic E-state index is 0.0539. The minimum atomic E-state index is 0.0539. The maximum Gasteiger partial charge on any atom is 0.191 e. The van der Waals surface area contributed by atoms with E-state index in [1.165, 1.54) is 0 Å². The predicted octanol–water partition coefficient (Wildman–Crippen LogP) is -0.272. The Morgan fingerprint density at radius 1 is 1.56 bits per heavy atom. The quantitative estimate of drug-likeness (QED) is 0.719. The lowest BCUT2D eigenvalue weighted by molar-refractivity contribution is -0.0105. The second-order valence-electron chi connectivity index (χ2n) is 5.01. The van der Waals surface area contributed by atoms with Crippen LogP contribution in [-0.2, 0) is 4.74 Å². The van der Waals surface area contributed by atoms with Gasteiger partial charge in [0.2, 0.25) is 0 Å². The van der Waals surface area contributed by atoms with Crippen LogP contribution in [0.15, 0.2) is 4.99 Å². The highest BCUT2D eigenvalue weighted by molar-refractivity contribution is 5.81. The standard InChI is InChI=1S/C11H22N4O/c1-14(2)5-6-15-10(12)13-8-11(15)4-3-7-16-9-11/h3-9H2,1-2H3,(H2,12,13). The van der Waals surface area contributed by atoms with Gasteiger partial charge in [-0.25, -0.2) is 0 Å². The molecule has 5 nitrogen and oxygen atoms in total. The largest absolute Gasteiger partial charge is 0.379 e. The molecule has 0 aromatic carbocycles. The van der Waals surface area contributed by atoms with Gasteiger partial charge in [0, 0.05) is 19.7 Å². The Kier molecular flexibility index (Phi) is 3.35. The molecule has 5 heteroatoms. The molecule has 2 aliphatic rings. The van der Waals surface area contributed by atoms with Crippen LogP contribution in [-0.4, -0.2) is 68.2 Å². The molecule has 2 heterocycles. The fourth-order valence-corrected chi connectivity index (χ4v) is 2.47. The van der Waals surface area contributed by atoms with Crippen molar-refractivity contribution < 1.29 is 4.74 Å². The van der Waals surface area contributed by atoms with Gasteiger partial charge in [-0.2, -0.15) is 0 Å². The summed E-state index contributed by atoms with van der Waals surface area (Å²) in [6.07, 6.45) is 2.26. The molecule has 0 radical (unpaired) electrons. The zero-order valence-electron chi connectivity index (χ0n) is 10.3. The first-order chi connectivity index (χ1) is 7.64. The van der Waals surface area contributed by atoms with Crippen LogP contribution in [0.1, 0.15) is 12.8 Å². The summed E-state index contributed by atoms with van der Waals surface area (Å²) in [6, 6.07) is 0. The maximum atomic E-state index is 5.97. The SMILES string of the molecule is CN(C)CCN1C(N)=NCC12CCCOC2. The van der Waals surface area contributed by atoms with Crippen molar-refractivity contribution >= 4 is 5.96 Å². The molecule has 0 bridgehead atoms. The van der Waals surface area contributed by atoms with Gasteiger partial charge in [0.25, 0.3) is 0 Å². The number of hydrogen-bond acceptors (Lipinski definition) is 5. The van der Waals surface area contributed by atoms with Crippen molar-refractivity contribution in [2.45, 2.75) is 18.4 Å². The number of aliphatic imine (C=N–C) groups is 1. The van der Waals surface area contributed by atoms with Crippen LogP contribution in [0.3, 0.4) is 0 Å².